The lowest BCUT2D eigenvalue weighted by atomic mass is 10.0. The van der Waals surface area contributed by atoms with Crippen molar-refractivity contribution in [2.45, 2.75) is 25.8 Å². The number of hydrogen-bond acceptors (Lipinski definition) is 3. The van der Waals surface area contributed by atoms with Crippen LogP contribution in [-0.4, -0.2) is 46.9 Å². The molecule has 0 radical (unpaired) electrons. The summed E-state index contributed by atoms with van der Waals surface area (Å²) >= 11 is 3.44. The average molecular weight is 395 g/mol. The molecule has 3 rings (SSSR count). The van der Waals surface area contributed by atoms with Crippen LogP contribution in [0.4, 0.5) is 5.69 Å². The third-order valence-electron chi connectivity index (χ3n) is 4.97. The molecule has 6 nitrogen and oxygen atoms in total. The van der Waals surface area contributed by atoms with Crippen molar-refractivity contribution in [1.82, 2.24) is 4.90 Å². The number of carboxylic acid groups (broad SMARTS) is 1. The molecule has 2 fully saturated rings. The smallest absolute Gasteiger partial charge is 0.308 e. The number of aliphatic carboxylic acids is 1. The number of benzene rings is 1. The maximum absolute atomic E-state index is 12.8. The number of carbonyl (C=O) groups excluding carboxylic acids is 2. The van der Waals surface area contributed by atoms with Crippen LogP contribution in [-0.2, 0) is 14.4 Å². The maximum Gasteiger partial charge on any atom is 0.308 e. The van der Waals surface area contributed by atoms with E-state index in [-0.39, 0.29) is 24.3 Å². The molecule has 2 saturated heterocycles. The van der Waals surface area contributed by atoms with Crippen LogP contribution >= 0.6 is 15.9 Å². The summed E-state index contributed by atoms with van der Waals surface area (Å²) < 4.78 is 0.812. The largest absolute Gasteiger partial charge is 0.481 e. The van der Waals surface area contributed by atoms with Crippen molar-refractivity contribution < 1.29 is 19.5 Å². The van der Waals surface area contributed by atoms with Crippen LogP contribution in [0.2, 0.25) is 0 Å². The Bertz CT molecular complexity index is 693. The number of anilines is 1. The first-order chi connectivity index (χ1) is 11.4. The number of nitrogens with zero attached hydrogens (tertiary/aromatic N) is 2. The molecule has 2 amide bonds. The molecular formula is C17H19BrN2O4. The highest BCUT2D eigenvalue weighted by molar-refractivity contribution is 9.10. The molecule has 3 unspecified atom stereocenters. The quantitative estimate of drug-likeness (QED) is 0.851. The van der Waals surface area contributed by atoms with E-state index in [4.69, 9.17) is 0 Å². The van der Waals surface area contributed by atoms with E-state index in [1.165, 1.54) is 0 Å². The number of hydrogen-bond donors (Lipinski definition) is 1. The van der Waals surface area contributed by atoms with Crippen molar-refractivity contribution in [2.75, 3.05) is 18.0 Å². The van der Waals surface area contributed by atoms with Gasteiger partial charge in [-0.15, -0.1) is 0 Å². The predicted molar refractivity (Wildman–Crippen MR) is 91.5 cm³/mol. The highest BCUT2D eigenvalue weighted by Gasteiger charge is 2.43. The molecule has 24 heavy (non-hydrogen) atoms. The van der Waals surface area contributed by atoms with Gasteiger partial charge in [-0.3, -0.25) is 14.4 Å². The number of carbonyl (C=O) groups is 3. The fourth-order valence-electron chi connectivity index (χ4n) is 3.59. The topological polar surface area (TPSA) is 77.9 Å². The van der Waals surface area contributed by atoms with Crippen molar-refractivity contribution in [3.8, 4) is 0 Å². The normalized spacial score (nSPS) is 26.9. The zero-order chi connectivity index (χ0) is 17.4. The number of amides is 2. The van der Waals surface area contributed by atoms with Crippen molar-refractivity contribution in [3.63, 3.8) is 0 Å². The minimum Gasteiger partial charge on any atom is -0.481 e. The molecule has 128 valence electrons. The lowest BCUT2D eigenvalue weighted by Gasteiger charge is -2.26. The second kappa shape index (κ2) is 6.55. The van der Waals surface area contributed by atoms with Crippen LogP contribution in [0, 0.1) is 11.8 Å². The Hall–Kier alpha value is -1.89. The number of likely N-dealkylation sites (tertiary alicyclic amines) is 1. The summed E-state index contributed by atoms with van der Waals surface area (Å²) in [4.78, 5) is 39.6. The molecule has 1 N–H and O–H groups in total. The van der Waals surface area contributed by atoms with Gasteiger partial charge < -0.3 is 14.9 Å². The first-order valence-corrected chi connectivity index (χ1v) is 8.77. The van der Waals surface area contributed by atoms with E-state index in [2.05, 4.69) is 15.9 Å². The highest BCUT2D eigenvalue weighted by atomic mass is 79.9. The third kappa shape index (κ3) is 2.92. The highest BCUT2D eigenvalue weighted by Crippen LogP contribution is 2.33. The molecule has 0 aliphatic carbocycles. The van der Waals surface area contributed by atoms with Gasteiger partial charge in [0.05, 0.1) is 17.5 Å². The van der Waals surface area contributed by atoms with Crippen molar-refractivity contribution >= 4 is 39.4 Å². The lowest BCUT2D eigenvalue weighted by Crippen LogP contribution is -2.41. The van der Waals surface area contributed by atoms with Crippen LogP contribution in [0.15, 0.2) is 28.7 Å². The standard InChI is InChI=1S/C17H19BrN2O4/c1-10-12(17(23)24)6-7-19(10)16(22)11-8-15(21)20(9-11)14-5-3-2-4-13(14)18/h2-5,10-12H,6-9H2,1H3,(H,23,24). The van der Waals surface area contributed by atoms with Crippen LogP contribution in [0.1, 0.15) is 19.8 Å². The Kier molecular flexibility index (Phi) is 4.62. The van der Waals surface area contributed by atoms with Crippen molar-refractivity contribution in [3.05, 3.63) is 28.7 Å². The van der Waals surface area contributed by atoms with Crippen molar-refractivity contribution in [1.29, 1.82) is 0 Å². The molecule has 2 aliphatic heterocycles. The van der Waals surface area contributed by atoms with E-state index in [0.29, 0.717) is 19.5 Å². The summed E-state index contributed by atoms with van der Waals surface area (Å²) in [5, 5.41) is 9.21. The molecule has 1 aromatic carbocycles. The molecular weight excluding hydrogens is 376 g/mol. The summed E-state index contributed by atoms with van der Waals surface area (Å²) in [5.41, 5.74) is 0.760. The minimum atomic E-state index is -0.866. The maximum atomic E-state index is 12.8. The molecule has 0 bridgehead atoms. The first kappa shape index (κ1) is 17.0. The Balaban J connectivity index is 1.73. The summed E-state index contributed by atoms with van der Waals surface area (Å²) in [5.74, 6) is -2.00. The molecule has 3 atom stereocenters. The minimum absolute atomic E-state index is 0.0816. The van der Waals surface area contributed by atoms with Crippen molar-refractivity contribution in [2.24, 2.45) is 11.8 Å². The van der Waals surface area contributed by atoms with Gasteiger partial charge in [-0.25, -0.2) is 0 Å². The molecule has 2 heterocycles. The van der Waals surface area contributed by atoms with Gasteiger partial charge in [0.2, 0.25) is 11.8 Å². The summed E-state index contributed by atoms with van der Waals surface area (Å²) in [7, 11) is 0. The monoisotopic (exact) mass is 394 g/mol. The summed E-state index contributed by atoms with van der Waals surface area (Å²) in [6.07, 6.45) is 0.637. The Morgan fingerprint density at radius 1 is 1.29 bits per heavy atom. The Morgan fingerprint density at radius 3 is 2.62 bits per heavy atom. The Labute approximate surface area is 148 Å². The number of para-hydroxylation sites is 1. The van der Waals surface area contributed by atoms with E-state index in [1.54, 1.807) is 16.7 Å². The summed E-state index contributed by atoms with van der Waals surface area (Å²) in [6.45, 7) is 2.55. The fraction of sp³-hybridized carbons (Fsp3) is 0.471. The zero-order valence-electron chi connectivity index (χ0n) is 13.3. The van der Waals surface area contributed by atoms with Crippen LogP contribution in [0.5, 0.6) is 0 Å². The Morgan fingerprint density at radius 2 is 2.00 bits per heavy atom. The van der Waals surface area contributed by atoms with Crippen LogP contribution in [0.3, 0.4) is 0 Å². The van der Waals surface area contributed by atoms with Gasteiger partial charge in [-0.2, -0.15) is 0 Å². The molecule has 1 aromatic rings. The predicted octanol–water partition coefficient (Wildman–Crippen LogP) is 2.12. The number of carboxylic acids is 1. The molecule has 0 saturated carbocycles. The second-order valence-electron chi connectivity index (χ2n) is 6.36. The van der Waals surface area contributed by atoms with Gasteiger partial charge in [-0.05, 0) is 41.4 Å². The van der Waals surface area contributed by atoms with Crippen LogP contribution in [0.25, 0.3) is 0 Å². The van der Waals surface area contributed by atoms with Gasteiger partial charge in [0.1, 0.15) is 0 Å². The average Bonchev–Trinajstić information content (AvgIpc) is 3.10. The first-order valence-electron chi connectivity index (χ1n) is 7.98. The van der Waals surface area contributed by atoms with E-state index >= 15 is 0 Å². The second-order valence-corrected chi connectivity index (χ2v) is 7.22. The fourth-order valence-corrected chi connectivity index (χ4v) is 4.09. The van der Waals surface area contributed by atoms with Gasteiger partial charge in [-0.1, -0.05) is 12.1 Å². The molecule has 2 aliphatic rings. The van der Waals surface area contributed by atoms with Gasteiger partial charge in [0.15, 0.2) is 0 Å². The third-order valence-corrected chi connectivity index (χ3v) is 5.64. The van der Waals surface area contributed by atoms with Gasteiger partial charge >= 0.3 is 5.97 Å². The van der Waals surface area contributed by atoms with E-state index < -0.39 is 17.8 Å². The van der Waals surface area contributed by atoms with E-state index in [0.717, 1.165) is 10.2 Å². The van der Waals surface area contributed by atoms with Gasteiger partial charge in [0.25, 0.3) is 0 Å². The van der Waals surface area contributed by atoms with Gasteiger partial charge in [0, 0.05) is 30.0 Å². The number of halogens is 1. The van der Waals surface area contributed by atoms with E-state index in [1.807, 2.05) is 24.3 Å². The molecule has 0 spiro atoms. The summed E-state index contributed by atoms with van der Waals surface area (Å²) in [6, 6.07) is 7.09. The SMILES string of the molecule is CC1C(C(=O)O)CCN1C(=O)C1CC(=O)N(c2ccccc2Br)C1. The van der Waals surface area contributed by atoms with Crippen LogP contribution < -0.4 is 4.90 Å². The lowest BCUT2D eigenvalue weighted by molar-refractivity contribution is -0.143. The molecule has 0 aromatic heterocycles. The number of rotatable bonds is 3. The van der Waals surface area contributed by atoms with E-state index in [9.17, 15) is 19.5 Å². The zero-order valence-corrected chi connectivity index (χ0v) is 14.9. The molecule has 7 heteroatoms.